The monoisotopic (exact) mass is 422 g/mol. The third-order valence-electron chi connectivity index (χ3n) is 4.50. The van der Waals surface area contributed by atoms with Crippen LogP contribution in [0.15, 0.2) is 40.1 Å². The van der Waals surface area contributed by atoms with E-state index in [-0.39, 0.29) is 16.8 Å². The Morgan fingerprint density at radius 1 is 1.23 bits per heavy atom. The van der Waals surface area contributed by atoms with Gasteiger partial charge in [-0.3, -0.25) is 14.2 Å². The molecule has 2 heterocycles. The third-order valence-corrected chi connectivity index (χ3v) is 4.50. The summed E-state index contributed by atoms with van der Waals surface area (Å²) < 4.78 is 46.3. The van der Waals surface area contributed by atoms with E-state index in [9.17, 15) is 27.6 Å². The van der Waals surface area contributed by atoms with E-state index in [4.69, 9.17) is 4.74 Å². The minimum Gasteiger partial charge on any atom is -0.495 e. The van der Waals surface area contributed by atoms with E-state index >= 15 is 0 Å². The smallest absolute Gasteiger partial charge is 0.418 e. The van der Waals surface area contributed by atoms with Crippen LogP contribution < -0.4 is 21.3 Å². The number of nitrogens with one attached hydrogen (secondary N) is 1. The molecule has 0 saturated heterocycles. The van der Waals surface area contributed by atoms with Gasteiger partial charge in [0.1, 0.15) is 17.7 Å². The van der Waals surface area contributed by atoms with Crippen LogP contribution >= 0.6 is 0 Å². The Labute approximate surface area is 167 Å². The summed E-state index contributed by atoms with van der Waals surface area (Å²) in [7, 11) is 2.71. The summed E-state index contributed by atoms with van der Waals surface area (Å²) >= 11 is 0. The van der Waals surface area contributed by atoms with Crippen molar-refractivity contribution in [3.8, 4) is 5.75 Å². The molecule has 0 bridgehead atoms. The molecule has 3 aromatic rings. The number of ether oxygens (including phenoxy) is 1. The Morgan fingerprint density at radius 2 is 1.90 bits per heavy atom. The van der Waals surface area contributed by atoms with Crippen molar-refractivity contribution in [3.05, 3.63) is 62.4 Å². The van der Waals surface area contributed by atoms with Gasteiger partial charge in [0.25, 0.3) is 5.56 Å². The van der Waals surface area contributed by atoms with Gasteiger partial charge in [-0.1, -0.05) is 12.1 Å². The molecule has 2 aromatic heterocycles. The van der Waals surface area contributed by atoms with Crippen LogP contribution in [0.2, 0.25) is 0 Å². The van der Waals surface area contributed by atoms with Crippen LogP contribution in [0.1, 0.15) is 11.1 Å². The van der Waals surface area contributed by atoms with E-state index in [1.807, 2.05) is 0 Å². The summed E-state index contributed by atoms with van der Waals surface area (Å²) in [5.41, 5.74) is -2.60. The topological polar surface area (TPSA) is 95.2 Å². The molecule has 0 fully saturated rings. The summed E-state index contributed by atoms with van der Waals surface area (Å²) in [5, 5.41) is 2.10. The molecule has 0 aliphatic carbocycles. The first-order valence-electron chi connectivity index (χ1n) is 8.65. The Kier molecular flexibility index (Phi) is 5.38. The highest BCUT2D eigenvalue weighted by atomic mass is 19.4. The summed E-state index contributed by atoms with van der Waals surface area (Å²) in [4.78, 5) is 42.0. The molecule has 158 valence electrons. The van der Waals surface area contributed by atoms with Gasteiger partial charge in [0, 0.05) is 18.8 Å². The van der Waals surface area contributed by atoms with Crippen molar-refractivity contribution >= 4 is 22.6 Å². The number of aryl methyl sites for hydroxylation is 2. The first-order valence-corrected chi connectivity index (χ1v) is 8.65. The summed E-state index contributed by atoms with van der Waals surface area (Å²) in [6.07, 6.45) is -3.25. The largest absolute Gasteiger partial charge is 0.495 e. The van der Waals surface area contributed by atoms with E-state index in [1.165, 1.54) is 32.5 Å². The molecule has 0 aliphatic rings. The van der Waals surface area contributed by atoms with Crippen LogP contribution in [0.25, 0.3) is 11.0 Å². The Hall–Kier alpha value is -3.63. The maximum absolute atomic E-state index is 13.1. The number of alkyl halides is 3. The first-order chi connectivity index (χ1) is 14.1. The number of halogens is 3. The molecule has 1 amide bonds. The fourth-order valence-corrected chi connectivity index (χ4v) is 3.10. The number of nitrogens with zero attached hydrogens (tertiary/aromatic N) is 3. The highest BCUT2D eigenvalue weighted by Gasteiger charge is 2.33. The van der Waals surface area contributed by atoms with Gasteiger partial charge in [-0.2, -0.15) is 13.2 Å². The Balaban J connectivity index is 2.06. The molecule has 1 aromatic carbocycles. The van der Waals surface area contributed by atoms with Gasteiger partial charge >= 0.3 is 11.9 Å². The lowest BCUT2D eigenvalue weighted by Crippen LogP contribution is -2.42. The number of fused-ring (bicyclic) bond motifs is 1. The molecule has 1 N–H and O–H groups in total. The zero-order chi connectivity index (χ0) is 22.2. The maximum atomic E-state index is 13.1. The average Bonchev–Trinajstić information content (AvgIpc) is 2.69. The van der Waals surface area contributed by atoms with Crippen LogP contribution in [0.3, 0.4) is 0 Å². The van der Waals surface area contributed by atoms with Gasteiger partial charge in [-0.25, -0.2) is 14.3 Å². The lowest BCUT2D eigenvalue weighted by atomic mass is 10.1. The van der Waals surface area contributed by atoms with E-state index in [0.717, 1.165) is 16.7 Å². The fourth-order valence-electron chi connectivity index (χ4n) is 3.10. The predicted octanol–water partition coefficient (Wildman–Crippen LogP) is 2.07. The molecule has 8 nitrogen and oxygen atoms in total. The SMILES string of the molecule is COc1c(C)cnc2c1c(=O)n(CC(=O)Nc1ccccc1C(F)(F)F)c(=O)n2C. The molecular formula is C19H17F3N4O4. The van der Waals surface area contributed by atoms with Crippen molar-refractivity contribution < 1.29 is 22.7 Å². The minimum atomic E-state index is -4.68. The molecule has 0 aliphatic heterocycles. The molecule has 11 heteroatoms. The molecule has 0 spiro atoms. The molecule has 30 heavy (non-hydrogen) atoms. The van der Waals surface area contributed by atoms with Crippen molar-refractivity contribution in [2.45, 2.75) is 19.6 Å². The number of aromatic nitrogens is 3. The standard InChI is InChI=1S/C19H17F3N4O4/c1-10-8-23-16-14(15(10)30-3)17(28)26(18(29)25(16)2)9-13(27)24-12-7-5-4-6-11(12)19(20,21)22/h4-8H,9H2,1-3H3,(H,24,27). The second kappa shape index (κ2) is 7.65. The zero-order valence-corrected chi connectivity index (χ0v) is 16.2. The van der Waals surface area contributed by atoms with Gasteiger partial charge in [-0.05, 0) is 19.1 Å². The van der Waals surface area contributed by atoms with E-state index in [1.54, 1.807) is 6.92 Å². The fraction of sp³-hybridized carbons (Fsp3) is 0.263. The van der Waals surface area contributed by atoms with Crippen LogP contribution in [-0.4, -0.2) is 27.1 Å². The molecule has 0 saturated carbocycles. The summed E-state index contributed by atoms with van der Waals surface area (Å²) in [6, 6.07) is 4.41. The molecule has 3 rings (SSSR count). The third kappa shape index (κ3) is 3.65. The predicted molar refractivity (Wildman–Crippen MR) is 103 cm³/mol. The number of hydrogen-bond donors (Lipinski definition) is 1. The van der Waals surface area contributed by atoms with Crippen LogP contribution in [0.4, 0.5) is 18.9 Å². The van der Waals surface area contributed by atoms with Gasteiger partial charge in [0.15, 0.2) is 5.65 Å². The highest BCUT2D eigenvalue weighted by Crippen LogP contribution is 2.34. The molecule has 0 radical (unpaired) electrons. The number of rotatable bonds is 4. The number of anilines is 1. The van der Waals surface area contributed by atoms with E-state index in [2.05, 4.69) is 10.3 Å². The normalized spacial score (nSPS) is 11.5. The number of pyridine rings is 1. The van der Waals surface area contributed by atoms with Crippen LogP contribution in [0.5, 0.6) is 5.75 Å². The van der Waals surface area contributed by atoms with Gasteiger partial charge in [-0.15, -0.1) is 0 Å². The quantitative estimate of drug-likeness (QED) is 0.695. The number of hydrogen-bond acceptors (Lipinski definition) is 5. The number of carbonyl (C=O) groups excluding carboxylic acids is 1. The van der Waals surface area contributed by atoms with Gasteiger partial charge in [0.2, 0.25) is 5.91 Å². The number of benzene rings is 1. The summed E-state index contributed by atoms with van der Waals surface area (Å²) in [6.45, 7) is 0.867. The molecule has 0 unspecified atom stereocenters. The highest BCUT2D eigenvalue weighted by molar-refractivity contribution is 5.91. The number of carbonyl (C=O) groups is 1. The number of amides is 1. The van der Waals surface area contributed by atoms with Crippen molar-refractivity contribution in [2.24, 2.45) is 7.05 Å². The van der Waals surface area contributed by atoms with Gasteiger partial charge in [0.05, 0.1) is 18.4 Å². The Bertz CT molecular complexity index is 1260. The number of para-hydroxylation sites is 1. The van der Waals surface area contributed by atoms with Crippen molar-refractivity contribution in [2.75, 3.05) is 12.4 Å². The molecule has 0 atom stereocenters. The number of methoxy groups -OCH3 is 1. The first kappa shape index (κ1) is 21.1. The molecular weight excluding hydrogens is 405 g/mol. The average molecular weight is 422 g/mol. The van der Waals surface area contributed by atoms with Crippen LogP contribution in [-0.2, 0) is 24.6 Å². The van der Waals surface area contributed by atoms with Crippen LogP contribution in [0, 0.1) is 6.92 Å². The van der Waals surface area contributed by atoms with Crippen molar-refractivity contribution in [3.63, 3.8) is 0 Å². The lowest BCUT2D eigenvalue weighted by Gasteiger charge is -2.15. The van der Waals surface area contributed by atoms with E-state index < -0.39 is 41.1 Å². The second-order valence-corrected chi connectivity index (χ2v) is 6.50. The maximum Gasteiger partial charge on any atom is 0.418 e. The van der Waals surface area contributed by atoms with E-state index in [0.29, 0.717) is 10.1 Å². The lowest BCUT2D eigenvalue weighted by molar-refractivity contribution is -0.137. The minimum absolute atomic E-state index is 0.0110. The second-order valence-electron chi connectivity index (χ2n) is 6.50. The zero-order valence-electron chi connectivity index (χ0n) is 16.2. The van der Waals surface area contributed by atoms with Crippen molar-refractivity contribution in [1.82, 2.24) is 14.1 Å². The summed E-state index contributed by atoms with van der Waals surface area (Å²) in [5.74, 6) is -0.776. The Morgan fingerprint density at radius 3 is 2.53 bits per heavy atom. The van der Waals surface area contributed by atoms with Crippen molar-refractivity contribution in [1.29, 1.82) is 0 Å². The van der Waals surface area contributed by atoms with Gasteiger partial charge < -0.3 is 10.1 Å².